The van der Waals surface area contributed by atoms with E-state index in [4.69, 9.17) is 9.47 Å². The molecule has 5 heteroatoms. The molecule has 3 aromatic rings. The van der Waals surface area contributed by atoms with Gasteiger partial charge >= 0.3 is 5.97 Å². The third kappa shape index (κ3) is 2.73. The molecule has 0 radical (unpaired) electrons. The highest BCUT2D eigenvalue weighted by Gasteiger charge is 2.77. The van der Waals surface area contributed by atoms with Crippen molar-refractivity contribution in [1.82, 2.24) is 9.88 Å². The first-order chi connectivity index (χ1) is 15.7. The maximum Gasteiger partial charge on any atom is 0.338 e. The van der Waals surface area contributed by atoms with E-state index in [9.17, 15) is 4.79 Å². The van der Waals surface area contributed by atoms with Crippen LogP contribution in [-0.4, -0.2) is 41.1 Å². The maximum atomic E-state index is 13.2. The molecule has 3 fully saturated rings. The average molecular weight is 429 g/mol. The van der Waals surface area contributed by atoms with Crippen molar-refractivity contribution in [3.8, 4) is 5.75 Å². The van der Waals surface area contributed by atoms with Gasteiger partial charge in [-0.05, 0) is 67.6 Å². The number of benzene rings is 2. The summed E-state index contributed by atoms with van der Waals surface area (Å²) in [5.41, 5.74) is 2.84. The fourth-order valence-corrected chi connectivity index (χ4v) is 6.72. The van der Waals surface area contributed by atoms with Crippen LogP contribution in [0.1, 0.15) is 48.2 Å². The topological polar surface area (TPSA) is 51.7 Å². The molecule has 3 unspecified atom stereocenters. The number of hydrogen-bond acceptors (Lipinski definition) is 5. The Hall–Kier alpha value is -2.92. The van der Waals surface area contributed by atoms with Gasteiger partial charge in [0.05, 0.1) is 24.2 Å². The molecular formula is C27H28N2O3. The molecule has 2 saturated heterocycles. The second kappa shape index (κ2) is 7.31. The van der Waals surface area contributed by atoms with Crippen LogP contribution in [0, 0.1) is 11.8 Å². The summed E-state index contributed by atoms with van der Waals surface area (Å²) in [5, 5.41) is 0.984. The second-order valence-corrected chi connectivity index (χ2v) is 9.34. The van der Waals surface area contributed by atoms with Crippen molar-refractivity contribution >= 4 is 16.9 Å². The third-order valence-corrected chi connectivity index (χ3v) is 8.13. The molecule has 6 rings (SSSR count). The van der Waals surface area contributed by atoms with Crippen molar-refractivity contribution < 1.29 is 14.3 Å². The number of methoxy groups -OCH3 is 1. The van der Waals surface area contributed by atoms with Crippen LogP contribution in [0.15, 0.2) is 60.8 Å². The highest BCUT2D eigenvalue weighted by Crippen LogP contribution is 2.72. The van der Waals surface area contributed by atoms with Gasteiger partial charge in [0, 0.05) is 22.7 Å². The van der Waals surface area contributed by atoms with Crippen molar-refractivity contribution in [3.05, 3.63) is 71.9 Å². The summed E-state index contributed by atoms with van der Waals surface area (Å²) in [4.78, 5) is 20.3. The van der Waals surface area contributed by atoms with Gasteiger partial charge in [-0.2, -0.15) is 0 Å². The predicted molar refractivity (Wildman–Crippen MR) is 123 cm³/mol. The number of pyridine rings is 1. The zero-order chi connectivity index (χ0) is 21.9. The SMILES string of the molecule is CCC1C2CCN3[C@H]([C@H](OC(=O)c4ccccc4)c4ccnc5ccc(OC)cc45)CC123. The van der Waals surface area contributed by atoms with Crippen LogP contribution in [0.25, 0.3) is 10.9 Å². The number of carbonyl (C=O) groups excluding carboxylic acids is 1. The first-order valence-corrected chi connectivity index (χ1v) is 11.6. The van der Waals surface area contributed by atoms with Gasteiger partial charge in [-0.3, -0.25) is 9.88 Å². The van der Waals surface area contributed by atoms with Gasteiger partial charge in [0.15, 0.2) is 0 Å². The monoisotopic (exact) mass is 428 g/mol. The fourth-order valence-electron chi connectivity index (χ4n) is 6.72. The zero-order valence-corrected chi connectivity index (χ0v) is 18.5. The minimum atomic E-state index is -0.345. The number of nitrogens with zero attached hydrogens (tertiary/aromatic N) is 2. The number of fused-ring (bicyclic) bond motifs is 1. The molecular weight excluding hydrogens is 400 g/mol. The first-order valence-electron chi connectivity index (χ1n) is 11.6. The van der Waals surface area contributed by atoms with Gasteiger partial charge in [0.25, 0.3) is 0 Å². The van der Waals surface area contributed by atoms with Gasteiger partial charge in [-0.1, -0.05) is 31.5 Å². The number of piperidine rings is 1. The van der Waals surface area contributed by atoms with Crippen molar-refractivity contribution in [2.24, 2.45) is 11.8 Å². The Balaban J connectivity index is 1.40. The van der Waals surface area contributed by atoms with E-state index in [1.54, 1.807) is 7.11 Å². The standard InChI is InChI=1S/C27H28N2O3/c1-3-21-22-12-14-29-24(16-27(21,22)29)25(32-26(30)17-7-5-4-6-8-17)19-11-13-28-23-10-9-18(31-2)15-20(19)23/h4-11,13,15,21-22,24-25H,3,12,14,16H2,1-2H3/t21?,22?,24-,25+,27?/m0/s1. The minimum Gasteiger partial charge on any atom is -0.497 e. The van der Waals surface area contributed by atoms with E-state index in [-0.39, 0.29) is 18.1 Å². The third-order valence-electron chi connectivity index (χ3n) is 8.13. The van der Waals surface area contributed by atoms with Crippen molar-refractivity contribution in [3.63, 3.8) is 0 Å². The van der Waals surface area contributed by atoms with Crippen LogP contribution in [-0.2, 0) is 4.74 Å². The molecule has 2 aromatic carbocycles. The van der Waals surface area contributed by atoms with E-state index in [1.165, 1.54) is 12.8 Å². The summed E-state index contributed by atoms with van der Waals surface area (Å²) in [6.45, 7) is 3.40. The number of aromatic nitrogens is 1. The number of hydrogen-bond donors (Lipinski definition) is 0. The summed E-state index contributed by atoms with van der Waals surface area (Å²) >= 11 is 0. The summed E-state index contributed by atoms with van der Waals surface area (Å²) in [6, 6.07) is 17.4. The van der Waals surface area contributed by atoms with E-state index in [0.717, 1.165) is 47.0 Å². The molecule has 5 atom stereocenters. The molecule has 1 aromatic heterocycles. The minimum absolute atomic E-state index is 0.195. The van der Waals surface area contributed by atoms with Gasteiger partial charge in [0.1, 0.15) is 11.9 Å². The molecule has 32 heavy (non-hydrogen) atoms. The lowest BCUT2D eigenvalue weighted by Crippen LogP contribution is -2.60. The molecule has 1 aliphatic carbocycles. The Kier molecular flexibility index (Phi) is 4.51. The van der Waals surface area contributed by atoms with Crippen LogP contribution >= 0.6 is 0 Å². The lowest BCUT2D eigenvalue weighted by atomic mass is 9.82. The summed E-state index contributed by atoms with van der Waals surface area (Å²) in [6.07, 6.45) is 5.07. The van der Waals surface area contributed by atoms with Gasteiger partial charge in [-0.25, -0.2) is 4.79 Å². The summed E-state index contributed by atoms with van der Waals surface area (Å²) in [5.74, 6) is 2.12. The van der Waals surface area contributed by atoms with E-state index >= 15 is 0 Å². The number of esters is 1. The Morgan fingerprint density at radius 2 is 2.06 bits per heavy atom. The Bertz CT molecular complexity index is 1170. The Morgan fingerprint density at radius 1 is 1.22 bits per heavy atom. The highest BCUT2D eigenvalue weighted by atomic mass is 16.5. The smallest absolute Gasteiger partial charge is 0.338 e. The van der Waals surface area contributed by atoms with Crippen LogP contribution in [0.2, 0.25) is 0 Å². The van der Waals surface area contributed by atoms with Crippen molar-refractivity contribution in [2.75, 3.05) is 13.7 Å². The quantitative estimate of drug-likeness (QED) is 0.517. The Morgan fingerprint density at radius 3 is 2.81 bits per heavy atom. The van der Waals surface area contributed by atoms with Gasteiger partial charge in [0.2, 0.25) is 0 Å². The van der Waals surface area contributed by atoms with Crippen molar-refractivity contribution in [2.45, 2.75) is 43.9 Å². The molecule has 0 amide bonds. The lowest BCUT2D eigenvalue weighted by Gasteiger charge is -2.51. The molecule has 3 heterocycles. The van der Waals surface area contributed by atoms with Crippen LogP contribution < -0.4 is 4.74 Å². The fraction of sp³-hybridized carbons (Fsp3) is 0.407. The summed E-state index contributed by atoms with van der Waals surface area (Å²) in [7, 11) is 1.67. The zero-order valence-electron chi connectivity index (χ0n) is 18.5. The Labute approximate surface area is 188 Å². The molecule has 0 bridgehead atoms. The van der Waals surface area contributed by atoms with E-state index in [1.807, 2.05) is 60.8 Å². The van der Waals surface area contributed by atoms with Crippen LogP contribution in [0.4, 0.5) is 0 Å². The maximum absolute atomic E-state index is 13.2. The van der Waals surface area contributed by atoms with Crippen molar-refractivity contribution in [1.29, 1.82) is 0 Å². The molecule has 1 spiro atoms. The molecule has 164 valence electrons. The van der Waals surface area contributed by atoms with Gasteiger partial charge < -0.3 is 9.47 Å². The van der Waals surface area contributed by atoms with E-state index in [0.29, 0.717) is 11.1 Å². The average Bonchev–Trinajstić information content (AvgIpc) is 3.40. The molecule has 2 aliphatic heterocycles. The van der Waals surface area contributed by atoms with E-state index < -0.39 is 0 Å². The molecule has 3 aliphatic rings. The lowest BCUT2D eigenvalue weighted by molar-refractivity contribution is -0.0783. The normalized spacial score (nSPS) is 29.0. The molecule has 5 nitrogen and oxygen atoms in total. The van der Waals surface area contributed by atoms with Crippen LogP contribution in [0.5, 0.6) is 5.75 Å². The van der Waals surface area contributed by atoms with Crippen LogP contribution in [0.3, 0.4) is 0 Å². The van der Waals surface area contributed by atoms with E-state index in [2.05, 4.69) is 16.8 Å². The number of ether oxygens (including phenoxy) is 2. The predicted octanol–water partition coefficient (Wildman–Crippen LogP) is 5.01. The first kappa shape index (κ1) is 19.7. The number of rotatable bonds is 6. The number of carbonyl (C=O) groups is 1. The highest BCUT2D eigenvalue weighted by molar-refractivity contribution is 5.90. The van der Waals surface area contributed by atoms with Gasteiger partial charge in [-0.15, -0.1) is 0 Å². The largest absolute Gasteiger partial charge is 0.497 e. The summed E-state index contributed by atoms with van der Waals surface area (Å²) < 4.78 is 11.8. The molecule has 0 N–H and O–H groups in total. The molecule has 1 saturated carbocycles. The second-order valence-electron chi connectivity index (χ2n) is 9.34.